The summed E-state index contributed by atoms with van der Waals surface area (Å²) in [6.45, 7) is 24.0. The van der Waals surface area contributed by atoms with Gasteiger partial charge in [0.05, 0.1) is 0 Å². The minimum Gasteiger partial charge on any atom is -0.0654 e. The van der Waals surface area contributed by atoms with Crippen molar-refractivity contribution < 1.29 is 0 Å². The highest BCUT2D eigenvalue weighted by molar-refractivity contribution is 5.36. The van der Waals surface area contributed by atoms with E-state index in [2.05, 4.69) is 118 Å². The zero-order valence-electron chi connectivity index (χ0n) is 26.3. The third kappa shape index (κ3) is 9.92. The molecule has 0 saturated heterocycles. The van der Waals surface area contributed by atoms with Crippen LogP contribution in [0, 0.1) is 11.8 Å². The maximum Gasteiger partial charge on any atom is -0.0129 e. The van der Waals surface area contributed by atoms with E-state index in [1.54, 1.807) is 22.3 Å². The van der Waals surface area contributed by atoms with Gasteiger partial charge < -0.3 is 0 Å². The molecule has 0 N–H and O–H groups in total. The van der Waals surface area contributed by atoms with Gasteiger partial charge in [0.2, 0.25) is 0 Å². The van der Waals surface area contributed by atoms with Gasteiger partial charge >= 0.3 is 0 Å². The first kappa shape index (κ1) is 31.7. The molecule has 0 spiro atoms. The fraction of sp³-hybridized carbons (Fsp3) is 0.676. The summed E-state index contributed by atoms with van der Waals surface area (Å²) < 4.78 is 0. The van der Waals surface area contributed by atoms with Gasteiger partial charge in [-0.2, -0.15) is 0 Å². The van der Waals surface area contributed by atoms with Crippen LogP contribution in [0.25, 0.3) is 0 Å². The highest BCUT2D eigenvalue weighted by atomic mass is 14.3. The van der Waals surface area contributed by atoms with Gasteiger partial charge in [0.25, 0.3) is 0 Å². The summed E-state index contributed by atoms with van der Waals surface area (Å²) in [4.78, 5) is 0. The number of hydrogen-bond acceptors (Lipinski definition) is 0. The topological polar surface area (TPSA) is 0 Å². The third-order valence-corrected chi connectivity index (χ3v) is 8.41. The predicted molar refractivity (Wildman–Crippen MR) is 167 cm³/mol. The Kier molecular flexibility index (Phi) is 12.5. The lowest BCUT2D eigenvalue weighted by Crippen LogP contribution is -2.19. The van der Waals surface area contributed by atoms with Crippen molar-refractivity contribution >= 4 is 0 Å². The first-order chi connectivity index (χ1) is 17.4. The Labute approximate surface area is 232 Å². The number of hydrogen-bond donors (Lipinski definition) is 0. The van der Waals surface area contributed by atoms with Crippen molar-refractivity contribution in [1.82, 2.24) is 0 Å². The molecular weight excluding hydrogens is 444 g/mol. The van der Waals surface area contributed by atoms with Gasteiger partial charge in [0.15, 0.2) is 0 Å². The van der Waals surface area contributed by atoms with Crippen LogP contribution in [0.2, 0.25) is 0 Å². The van der Waals surface area contributed by atoms with Crippen molar-refractivity contribution in [3.05, 3.63) is 70.8 Å². The van der Waals surface area contributed by atoms with Crippen molar-refractivity contribution in [2.75, 3.05) is 0 Å². The molecule has 2 aromatic rings. The standard InChI is InChI=1S/C37H60/c1-11-13-19-30(32-21-15-17-23-34(32)36(5,6)7)26-28(3)25-29(4)27-31(20-14-12-2)33-22-16-18-24-35(33)37(8,9)10/h15-18,21-24,28-31H,11-14,19-20,25-27H2,1-10H3. The molecule has 0 heterocycles. The lowest BCUT2D eigenvalue weighted by Gasteiger charge is -2.31. The Hall–Kier alpha value is -1.56. The Morgan fingerprint density at radius 3 is 1.22 bits per heavy atom. The van der Waals surface area contributed by atoms with E-state index in [0.717, 1.165) is 11.8 Å². The van der Waals surface area contributed by atoms with Gasteiger partial charge in [-0.15, -0.1) is 0 Å². The summed E-state index contributed by atoms with van der Waals surface area (Å²) in [6.07, 6.45) is 11.8. The molecule has 0 saturated carbocycles. The molecule has 0 bridgehead atoms. The van der Waals surface area contributed by atoms with Gasteiger partial charge in [-0.1, -0.05) is 143 Å². The van der Waals surface area contributed by atoms with Crippen LogP contribution >= 0.6 is 0 Å². The third-order valence-electron chi connectivity index (χ3n) is 8.41. The molecule has 37 heavy (non-hydrogen) atoms. The SMILES string of the molecule is CCCCC(CC(C)CC(C)CC(CCCC)c1ccccc1C(C)(C)C)c1ccccc1C(C)(C)C. The molecule has 0 aliphatic rings. The van der Waals surface area contributed by atoms with Crippen molar-refractivity contribution in [2.45, 2.75) is 150 Å². The van der Waals surface area contributed by atoms with Crippen molar-refractivity contribution in [1.29, 1.82) is 0 Å². The van der Waals surface area contributed by atoms with E-state index in [0.29, 0.717) is 11.8 Å². The van der Waals surface area contributed by atoms with Gasteiger partial charge in [-0.25, -0.2) is 0 Å². The van der Waals surface area contributed by atoms with Crippen molar-refractivity contribution in [3.8, 4) is 0 Å². The average molecular weight is 505 g/mol. The molecule has 0 aromatic heterocycles. The molecule has 0 aliphatic heterocycles. The quantitative estimate of drug-likeness (QED) is 0.240. The zero-order chi connectivity index (χ0) is 27.6. The van der Waals surface area contributed by atoms with Crippen LogP contribution in [0.1, 0.15) is 161 Å². The highest BCUT2D eigenvalue weighted by Crippen LogP contribution is 2.40. The van der Waals surface area contributed by atoms with E-state index in [9.17, 15) is 0 Å². The van der Waals surface area contributed by atoms with E-state index in [-0.39, 0.29) is 10.8 Å². The molecule has 0 amide bonds. The molecule has 2 aromatic carbocycles. The van der Waals surface area contributed by atoms with Crippen molar-refractivity contribution in [3.63, 3.8) is 0 Å². The minimum absolute atomic E-state index is 0.199. The van der Waals surface area contributed by atoms with E-state index < -0.39 is 0 Å². The second-order valence-corrected chi connectivity index (χ2v) is 14.3. The number of benzene rings is 2. The Morgan fingerprint density at radius 2 is 0.892 bits per heavy atom. The van der Waals surface area contributed by atoms with Crippen LogP contribution in [0.4, 0.5) is 0 Å². The molecule has 0 radical (unpaired) electrons. The van der Waals surface area contributed by atoms with Crippen LogP contribution in [0.5, 0.6) is 0 Å². The molecule has 0 nitrogen and oxygen atoms in total. The normalized spacial score (nSPS) is 15.8. The minimum atomic E-state index is 0.199. The Balaban J connectivity index is 2.18. The summed E-state index contributed by atoms with van der Waals surface area (Å²) >= 11 is 0. The summed E-state index contributed by atoms with van der Waals surface area (Å²) in [6, 6.07) is 18.6. The summed E-state index contributed by atoms with van der Waals surface area (Å²) in [5, 5.41) is 0. The van der Waals surface area contributed by atoms with Gasteiger partial charge in [-0.05, 0) is 88.9 Å². The molecule has 0 fully saturated rings. The van der Waals surface area contributed by atoms with Crippen LogP contribution < -0.4 is 0 Å². The van der Waals surface area contributed by atoms with Crippen molar-refractivity contribution in [2.24, 2.45) is 11.8 Å². The van der Waals surface area contributed by atoms with E-state index in [4.69, 9.17) is 0 Å². The number of unbranched alkanes of at least 4 members (excludes halogenated alkanes) is 2. The fourth-order valence-corrected chi connectivity index (χ4v) is 6.62. The van der Waals surface area contributed by atoms with Crippen LogP contribution in [-0.2, 0) is 10.8 Å². The maximum absolute atomic E-state index is 2.53. The monoisotopic (exact) mass is 504 g/mol. The lowest BCUT2D eigenvalue weighted by atomic mass is 9.74. The Bertz CT molecular complexity index is 831. The molecule has 0 heteroatoms. The Morgan fingerprint density at radius 1 is 0.541 bits per heavy atom. The first-order valence-electron chi connectivity index (χ1n) is 15.6. The van der Waals surface area contributed by atoms with Crippen LogP contribution in [0.15, 0.2) is 48.5 Å². The van der Waals surface area contributed by atoms with Gasteiger partial charge in [-0.3, -0.25) is 0 Å². The summed E-state index contributed by atoms with van der Waals surface area (Å²) in [5.41, 5.74) is 6.73. The maximum atomic E-state index is 2.53. The predicted octanol–water partition coefficient (Wildman–Crippen LogP) is 12.0. The summed E-state index contributed by atoms with van der Waals surface area (Å²) in [7, 11) is 0. The van der Waals surface area contributed by atoms with E-state index in [1.807, 2.05) is 0 Å². The highest BCUT2D eigenvalue weighted by Gasteiger charge is 2.26. The fourth-order valence-electron chi connectivity index (χ4n) is 6.62. The average Bonchev–Trinajstić information content (AvgIpc) is 2.83. The van der Waals surface area contributed by atoms with E-state index >= 15 is 0 Å². The van der Waals surface area contributed by atoms with Gasteiger partial charge in [0.1, 0.15) is 0 Å². The molecule has 4 atom stereocenters. The molecular formula is C37H60. The zero-order valence-corrected chi connectivity index (χ0v) is 26.3. The first-order valence-corrected chi connectivity index (χ1v) is 15.6. The molecule has 2 rings (SSSR count). The molecule has 0 aliphatic carbocycles. The van der Waals surface area contributed by atoms with Crippen LogP contribution in [0.3, 0.4) is 0 Å². The number of rotatable bonds is 14. The smallest absolute Gasteiger partial charge is 0.0129 e. The van der Waals surface area contributed by atoms with Gasteiger partial charge in [0, 0.05) is 0 Å². The lowest BCUT2D eigenvalue weighted by molar-refractivity contribution is 0.325. The summed E-state index contributed by atoms with van der Waals surface area (Å²) in [5.74, 6) is 2.84. The molecule has 4 unspecified atom stereocenters. The van der Waals surface area contributed by atoms with Crippen LogP contribution in [-0.4, -0.2) is 0 Å². The van der Waals surface area contributed by atoms with E-state index in [1.165, 1.54) is 57.8 Å². The second-order valence-electron chi connectivity index (χ2n) is 14.3. The largest absolute Gasteiger partial charge is 0.0654 e. The second kappa shape index (κ2) is 14.6. The molecule has 208 valence electrons.